The molecular formula is C9H12FNS. The Morgan fingerprint density at radius 3 is 2.83 bits per heavy atom. The first kappa shape index (κ1) is 9.55. The number of hydrogen-bond acceptors (Lipinski definition) is 2. The minimum absolute atomic E-state index is 0.162. The molecule has 0 aliphatic rings. The lowest BCUT2D eigenvalue weighted by Gasteiger charge is -2.06. The molecule has 0 fully saturated rings. The molecule has 1 aromatic carbocycles. The molecule has 0 aromatic heterocycles. The van der Waals surface area contributed by atoms with Crippen LogP contribution in [0.3, 0.4) is 0 Å². The van der Waals surface area contributed by atoms with Crippen molar-refractivity contribution < 1.29 is 4.39 Å². The van der Waals surface area contributed by atoms with E-state index in [1.807, 2.05) is 13.0 Å². The van der Waals surface area contributed by atoms with Crippen LogP contribution in [0.25, 0.3) is 0 Å². The van der Waals surface area contributed by atoms with E-state index in [9.17, 15) is 4.39 Å². The molecule has 2 N–H and O–H groups in total. The van der Waals surface area contributed by atoms with E-state index < -0.39 is 0 Å². The van der Waals surface area contributed by atoms with Crippen molar-refractivity contribution in [1.82, 2.24) is 0 Å². The Bertz CT molecular complexity index is 263. The number of rotatable bonds is 3. The van der Waals surface area contributed by atoms with Gasteiger partial charge >= 0.3 is 0 Å². The lowest BCUT2D eigenvalue weighted by molar-refractivity contribution is 0.597. The van der Waals surface area contributed by atoms with Crippen molar-refractivity contribution in [2.45, 2.75) is 18.4 Å². The zero-order valence-corrected chi connectivity index (χ0v) is 7.83. The fourth-order valence-electron chi connectivity index (χ4n) is 1.02. The van der Waals surface area contributed by atoms with Gasteiger partial charge in [0, 0.05) is 11.4 Å². The molecule has 0 atom stereocenters. The summed E-state index contributed by atoms with van der Waals surface area (Å²) in [7, 11) is 0. The molecule has 1 nitrogen and oxygen atoms in total. The van der Waals surface area contributed by atoms with Crippen LogP contribution >= 0.6 is 11.8 Å². The molecule has 0 radical (unpaired) electrons. The Labute approximate surface area is 76.2 Å². The molecule has 0 spiro atoms. The lowest BCUT2D eigenvalue weighted by atomic mass is 10.2. The van der Waals surface area contributed by atoms with Crippen LogP contribution in [0.4, 0.5) is 4.39 Å². The standard InChI is InChI=1S/C9H12FNS/c1-2-12-9-7(6-11)4-3-5-8(9)10/h3-5H,2,6,11H2,1H3. The summed E-state index contributed by atoms with van der Waals surface area (Å²) in [5.74, 6) is 0.707. The molecule has 12 heavy (non-hydrogen) atoms. The largest absolute Gasteiger partial charge is 0.326 e. The van der Waals surface area contributed by atoms with Crippen LogP contribution in [0.5, 0.6) is 0 Å². The van der Waals surface area contributed by atoms with E-state index in [0.29, 0.717) is 11.4 Å². The predicted octanol–water partition coefficient (Wildman–Crippen LogP) is 2.40. The Kier molecular flexibility index (Phi) is 3.56. The highest BCUT2D eigenvalue weighted by Gasteiger charge is 2.05. The summed E-state index contributed by atoms with van der Waals surface area (Å²) in [5, 5.41) is 0. The summed E-state index contributed by atoms with van der Waals surface area (Å²) >= 11 is 1.50. The molecule has 1 aromatic rings. The summed E-state index contributed by atoms with van der Waals surface area (Å²) in [6, 6.07) is 5.02. The van der Waals surface area contributed by atoms with Gasteiger partial charge in [0.25, 0.3) is 0 Å². The van der Waals surface area contributed by atoms with Gasteiger partial charge in [-0.25, -0.2) is 4.39 Å². The lowest BCUT2D eigenvalue weighted by Crippen LogP contribution is -1.99. The van der Waals surface area contributed by atoms with Crippen molar-refractivity contribution >= 4 is 11.8 Å². The normalized spacial score (nSPS) is 10.2. The number of thioether (sulfide) groups is 1. The van der Waals surface area contributed by atoms with Crippen molar-refractivity contribution in [3.05, 3.63) is 29.6 Å². The van der Waals surface area contributed by atoms with Crippen LogP contribution in [0.2, 0.25) is 0 Å². The van der Waals surface area contributed by atoms with Crippen molar-refractivity contribution in [2.75, 3.05) is 5.75 Å². The summed E-state index contributed by atoms with van der Waals surface area (Å²) < 4.78 is 13.1. The third-order valence-electron chi connectivity index (χ3n) is 1.56. The zero-order chi connectivity index (χ0) is 8.97. The average Bonchev–Trinajstić information content (AvgIpc) is 2.09. The second kappa shape index (κ2) is 4.48. The smallest absolute Gasteiger partial charge is 0.137 e. The number of benzene rings is 1. The number of halogens is 1. The molecule has 3 heteroatoms. The third kappa shape index (κ3) is 1.99. The van der Waals surface area contributed by atoms with E-state index in [0.717, 1.165) is 11.3 Å². The minimum Gasteiger partial charge on any atom is -0.326 e. The van der Waals surface area contributed by atoms with Gasteiger partial charge in [0.15, 0.2) is 0 Å². The van der Waals surface area contributed by atoms with Crippen molar-refractivity contribution in [3.8, 4) is 0 Å². The van der Waals surface area contributed by atoms with Crippen LogP contribution in [-0.4, -0.2) is 5.75 Å². The maximum Gasteiger partial charge on any atom is 0.137 e. The molecule has 0 amide bonds. The molecule has 66 valence electrons. The van der Waals surface area contributed by atoms with Crippen molar-refractivity contribution in [3.63, 3.8) is 0 Å². The van der Waals surface area contributed by atoms with E-state index >= 15 is 0 Å². The van der Waals surface area contributed by atoms with Gasteiger partial charge in [-0.1, -0.05) is 19.1 Å². The monoisotopic (exact) mass is 185 g/mol. The Morgan fingerprint density at radius 1 is 1.50 bits per heavy atom. The third-order valence-corrected chi connectivity index (χ3v) is 2.59. The first-order valence-electron chi connectivity index (χ1n) is 3.89. The minimum atomic E-state index is -0.162. The summed E-state index contributed by atoms with van der Waals surface area (Å²) in [4.78, 5) is 0.697. The van der Waals surface area contributed by atoms with Crippen LogP contribution in [0, 0.1) is 5.82 Å². The summed E-state index contributed by atoms with van der Waals surface area (Å²) in [6.45, 7) is 2.40. The Morgan fingerprint density at radius 2 is 2.25 bits per heavy atom. The SMILES string of the molecule is CCSc1c(F)cccc1CN. The van der Waals surface area contributed by atoms with Gasteiger partial charge in [-0.05, 0) is 17.4 Å². The molecule has 1 rings (SSSR count). The van der Waals surface area contributed by atoms with Gasteiger partial charge in [0.2, 0.25) is 0 Å². The number of nitrogens with two attached hydrogens (primary N) is 1. The van der Waals surface area contributed by atoms with Gasteiger partial charge in [0.05, 0.1) is 0 Å². The van der Waals surface area contributed by atoms with Crippen LogP contribution < -0.4 is 5.73 Å². The molecule has 0 bridgehead atoms. The average molecular weight is 185 g/mol. The van der Waals surface area contributed by atoms with Crippen molar-refractivity contribution in [1.29, 1.82) is 0 Å². The number of hydrogen-bond donors (Lipinski definition) is 1. The van der Waals surface area contributed by atoms with Gasteiger partial charge < -0.3 is 5.73 Å². The molecule has 0 unspecified atom stereocenters. The van der Waals surface area contributed by atoms with Crippen molar-refractivity contribution in [2.24, 2.45) is 5.73 Å². The quantitative estimate of drug-likeness (QED) is 0.732. The summed E-state index contributed by atoms with van der Waals surface area (Å²) in [6.07, 6.45) is 0. The Hall–Kier alpha value is -0.540. The van der Waals surface area contributed by atoms with Gasteiger partial charge in [-0.15, -0.1) is 11.8 Å². The van der Waals surface area contributed by atoms with E-state index in [1.54, 1.807) is 6.07 Å². The molecule has 0 aliphatic heterocycles. The maximum atomic E-state index is 13.1. The van der Waals surface area contributed by atoms with E-state index in [2.05, 4.69) is 0 Å². The first-order valence-corrected chi connectivity index (χ1v) is 4.88. The van der Waals surface area contributed by atoms with Gasteiger partial charge in [-0.3, -0.25) is 0 Å². The first-order chi connectivity index (χ1) is 5.79. The van der Waals surface area contributed by atoms with E-state index in [1.165, 1.54) is 17.8 Å². The fourth-order valence-corrected chi connectivity index (χ4v) is 1.85. The highest BCUT2D eigenvalue weighted by Crippen LogP contribution is 2.25. The zero-order valence-electron chi connectivity index (χ0n) is 7.01. The maximum absolute atomic E-state index is 13.1. The topological polar surface area (TPSA) is 26.0 Å². The van der Waals surface area contributed by atoms with Crippen LogP contribution in [-0.2, 0) is 6.54 Å². The predicted molar refractivity (Wildman–Crippen MR) is 50.7 cm³/mol. The molecule has 0 saturated heterocycles. The van der Waals surface area contributed by atoms with Crippen LogP contribution in [0.15, 0.2) is 23.1 Å². The highest BCUT2D eigenvalue weighted by molar-refractivity contribution is 7.99. The van der Waals surface area contributed by atoms with E-state index in [-0.39, 0.29) is 5.82 Å². The second-order valence-corrected chi connectivity index (χ2v) is 3.64. The molecular weight excluding hydrogens is 173 g/mol. The summed E-state index contributed by atoms with van der Waals surface area (Å²) in [5.41, 5.74) is 6.36. The second-order valence-electron chi connectivity index (χ2n) is 2.37. The van der Waals surface area contributed by atoms with Gasteiger partial charge in [0.1, 0.15) is 5.82 Å². The fraction of sp³-hybridized carbons (Fsp3) is 0.333. The highest BCUT2D eigenvalue weighted by atomic mass is 32.2. The van der Waals surface area contributed by atoms with Gasteiger partial charge in [-0.2, -0.15) is 0 Å². The Balaban J connectivity index is 3.02. The van der Waals surface area contributed by atoms with E-state index in [4.69, 9.17) is 5.73 Å². The molecule has 0 heterocycles. The molecule has 0 aliphatic carbocycles. The van der Waals surface area contributed by atoms with Crippen LogP contribution in [0.1, 0.15) is 12.5 Å². The molecule has 0 saturated carbocycles.